The van der Waals surface area contributed by atoms with Gasteiger partial charge in [0.1, 0.15) is 11.5 Å². The highest BCUT2D eigenvalue weighted by Gasteiger charge is 2.06. The first kappa shape index (κ1) is 7.68. The van der Waals surface area contributed by atoms with Crippen LogP contribution in [0, 0.1) is 0 Å². The minimum Gasteiger partial charge on any atom is -0.493 e. The van der Waals surface area contributed by atoms with Gasteiger partial charge >= 0.3 is 0 Å². The lowest BCUT2D eigenvalue weighted by molar-refractivity contribution is 0.317. The molecule has 0 saturated carbocycles. The van der Waals surface area contributed by atoms with Crippen molar-refractivity contribution in [3.05, 3.63) is 34.9 Å². The first-order chi connectivity index (χ1) is 6.93. The van der Waals surface area contributed by atoms with Gasteiger partial charge in [0.25, 0.3) is 0 Å². The van der Waals surface area contributed by atoms with E-state index in [-0.39, 0.29) is 0 Å². The Hall–Kier alpha value is -1.70. The number of fused-ring (bicyclic) bond motifs is 2. The summed E-state index contributed by atoms with van der Waals surface area (Å²) in [5.41, 5.74) is 0. The van der Waals surface area contributed by atoms with Crippen molar-refractivity contribution in [2.24, 2.45) is 0 Å². The van der Waals surface area contributed by atoms with Crippen LogP contribution in [0.3, 0.4) is 0 Å². The van der Waals surface area contributed by atoms with Gasteiger partial charge in [-0.1, -0.05) is 6.08 Å². The van der Waals surface area contributed by atoms with Crippen molar-refractivity contribution in [3.63, 3.8) is 0 Å². The van der Waals surface area contributed by atoms with Crippen LogP contribution < -0.4 is 19.9 Å². The molecule has 14 heavy (non-hydrogen) atoms. The molecule has 2 aliphatic rings. The molecule has 2 heteroatoms. The van der Waals surface area contributed by atoms with Gasteiger partial charge in [-0.15, -0.1) is 0 Å². The zero-order valence-corrected chi connectivity index (χ0v) is 7.69. The summed E-state index contributed by atoms with van der Waals surface area (Å²) in [5, 5.41) is 2.22. The maximum atomic E-state index is 5.56. The second kappa shape index (κ2) is 2.91. The van der Waals surface area contributed by atoms with E-state index in [0.717, 1.165) is 35.0 Å². The smallest absolute Gasteiger partial charge is 0.134 e. The second-order valence-corrected chi connectivity index (χ2v) is 3.38. The Morgan fingerprint density at radius 3 is 3.00 bits per heavy atom. The average molecular weight is 186 g/mol. The summed E-state index contributed by atoms with van der Waals surface area (Å²) in [7, 11) is 0. The van der Waals surface area contributed by atoms with Gasteiger partial charge in [-0.3, -0.25) is 0 Å². The van der Waals surface area contributed by atoms with Gasteiger partial charge in [-0.05, 0) is 24.3 Å². The molecule has 0 saturated heterocycles. The van der Waals surface area contributed by atoms with Crippen molar-refractivity contribution < 1.29 is 9.47 Å². The van der Waals surface area contributed by atoms with E-state index in [2.05, 4.69) is 6.08 Å². The monoisotopic (exact) mass is 186 g/mol. The van der Waals surface area contributed by atoms with Crippen molar-refractivity contribution in [1.82, 2.24) is 0 Å². The maximum Gasteiger partial charge on any atom is 0.134 e. The van der Waals surface area contributed by atoms with Crippen LogP contribution in [-0.4, -0.2) is 6.61 Å². The van der Waals surface area contributed by atoms with Crippen molar-refractivity contribution in [2.75, 3.05) is 6.61 Å². The van der Waals surface area contributed by atoms with Crippen LogP contribution in [0.1, 0.15) is 6.42 Å². The largest absolute Gasteiger partial charge is 0.493 e. The summed E-state index contributed by atoms with van der Waals surface area (Å²) in [6.07, 6.45) is 8.77. The van der Waals surface area contributed by atoms with E-state index in [1.807, 2.05) is 24.3 Å². The molecule has 0 fully saturated rings. The molecular formula is C12H10O2. The zero-order chi connectivity index (χ0) is 9.38. The highest BCUT2D eigenvalue weighted by atomic mass is 16.5. The minimum atomic E-state index is 0.780. The maximum absolute atomic E-state index is 5.56. The molecular weight excluding hydrogens is 176 g/mol. The SMILES string of the molecule is C1=COc2cc3c(cc2=C1)OCCC=3. The molecule has 70 valence electrons. The molecule has 0 aromatic heterocycles. The van der Waals surface area contributed by atoms with Gasteiger partial charge in [0.05, 0.1) is 12.9 Å². The van der Waals surface area contributed by atoms with Crippen LogP contribution in [0.25, 0.3) is 12.2 Å². The zero-order valence-electron chi connectivity index (χ0n) is 7.69. The summed E-state index contributed by atoms with van der Waals surface area (Å²) in [5.74, 6) is 1.87. The van der Waals surface area contributed by atoms with Crippen molar-refractivity contribution in [1.29, 1.82) is 0 Å². The lowest BCUT2D eigenvalue weighted by Gasteiger charge is -2.13. The molecule has 0 spiro atoms. The Labute approximate surface area is 81.8 Å². The average Bonchev–Trinajstić information content (AvgIpc) is 2.26. The Kier molecular flexibility index (Phi) is 1.60. The van der Waals surface area contributed by atoms with Gasteiger partial charge in [0.15, 0.2) is 0 Å². The van der Waals surface area contributed by atoms with Gasteiger partial charge in [-0.2, -0.15) is 0 Å². The van der Waals surface area contributed by atoms with Crippen molar-refractivity contribution >= 4 is 12.2 Å². The lowest BCUT2D eigenvalue weighted by Crippen LogP contribution is -2.20. The number of ether oxygens (including phenoxy) is 2. The van der Waals surface area contributed by atoms with Gasteiger partial charge < -0.3 is 9.47 Å². The number of benzene rings is 1. The van der Waals surface area contributed by atoms with Crippen LogP contribution in [0.2, 0.25) is 0 Å². The number of allylic oxidation sites excluding steroid dienone is 1. The van der Waals surface area contributed by atoms with Crippen LogP contribution >= 0.6 is 0 Å². The molecule has 0 N–H and O–H groups in total. The standard InChI is InChI=1S/C12H10O2/c1-3-9-7-12-10(4-2-6-14-12)8-11(9)13-5-1/h1,3-5,7-8H,2,6H2. The number of hydrogen-bond acceptors (Lipinski definition) is 2. The van der Waals surface area contributed by atoms with Crippen LogP contribution in [0.5, 0.6) is 11.5 Å². The van der Waals surface area contributed by atoms with E-state index in [9.17, 15) is 0 Å². The van der Waals surface area contributed by atoms with Gasteiger partial charge in [0.2, 0.25) is 0 Å². The number of hydrogen-bond donors (Lipinski definition) is 0. The van der Waals surface area contributed by atoms with Gasteiger partial charge in [0, 0.05) is 16.9 Å². The minimum absolute atomic E-state index is 0.780. The summed E-state index contributed by atoms with van der Waals surface area (Å²) < 4.78 is 11.0. The summed E-state index contributed by atoms with van der Waals surface area (Å²) in [6.45, 7) is 0.780. The van der Waals surface area contributed by atoms with E-state index in [1.54, 1.807) is 6.26 Å². The molecule has 1 aromatic carbocycles. The summed E-state index contributed by atoms with van der Waals surface area (Å²) in [6, 6.07) is 4.06. The Bertz CT molecular complexity index is 512. The third-order valence-electron chi connectivity index (χ3n) is 2.43. The van der Waals surface area contributed by atoms with Crippen LogP contribution in [-0.2, 0) is 0 Å². The van der Waals surface area contributed by atoms with Gasteiger partial charge in [-0.25, -0.2) is 0 Å². The predicted octanol–water partition coefficient (Wildman–Crippen LogP) is 0.936. The molecule has 2 heterocycles. The summed E-state index contributed by atoms with van der Waals surface area (Å²) >= 11 is 0. The van der Waals surface area contributed by atoms with Crippen molar-refractivity contribution in [2.45, 2.75) is 6.42 Å². The molecule has 0 radical (unpaired) electrons. The van der Waals surface area contributed by atoms with E-state index in [4.69, 9.17) is 9.47 Å². The fourth-order valence-corrected chi connectivity index (χ4v) is 1.75. The van der Waals surface area contributed by atoms with E-state index < -0.39 is 0 Å². The Balaban J connectivity index is 2.32. The third-order valence-corrected chi connectivity index (χ3v) is 2.43. The Morgan fingerprint density at radius 1 is 1.07 bits per heavy atom. The third kappa shape index (κ3) is 1.11. The van der Waals surface area contributed by atoms with E-state index in [0.29, 0.717) is 0 Å². The molecule has 0 aliphatic carbocycles. The molecule has 0 unspecified atom stereocenters. The molecule has 2 aliphatic heterocycles. The lowest BCUT2D eigenvalue weighted by atomic mass is 10.1. The molecule has 0 atom stereocenters. The molecule has 3 rings (SSSR count). The van der Waals surface area contributed by atoms with E-state index >= 15 is 0 Å². The van der Waals surface area contributed by atoms with Crippen molar-refractivity contribution in [3.8, 4) is 11.5 Å². The highest BCUT2D eigenvalue weighted by molar-refractivity contribution is 5.50. The summed E-state index contributed by atoms with van der Waals surface area (Å²) in [4.78, 5) is 0. The highest BCUT2D eigenvalue weighted by Crippen LogP contribution is 2.12. The Morgan fingerprint density at radius 2 is 2.00 bits per heavy atom. The normalized spacial score (nSPS) is 16.6. The first-order valence-electron chi connectivity index (χ1n) is 4.74. The van der Waals surface area contributed by atoms with E-state index in [1.165, 1.54) is 0 Å². The molecule has 2 nitrogen and oxygen atoms in total. The fraction of sp³-hybridized carbons (Fsp3) is 0.167. The predicted molar refractivity (Wildman–Crippen MR) is 54.5 cm³/mol. The number of rotatable bonds is 0. The first-order valence-corrected chi connectivity index (χ1v) is 4.74. The van der Waals surface area contributed by atoms with Crippen LogP contribution in [0.15, 0.2) is 24.5 Å². The molecule has 1 aromatic rings. The quantitative estimate of drug-likeness (QED) is 0.600. The molecule has 0 amide bonds. The van der Waals surface area contributed by atoms with Crippen LogP contribution in [0.4, 0.5) is 0 Å². The topological polar surface area (TPSA) is 18.5 Å². The fourth-order valence-electron chi connectivity index (χ4n) is 1.75. The second-order valence-electron chi connectivity index (χ2n) is 3.38. The molecule has 0 bridgehead atoms.